The fourth-order valence-electron chi connectivity index (χ4n) is 2.04. The molecule has 0 spiro atoms. The van der Waals surface area contributed by atoms with E-state index in [4.69, 9.17) is 5.26 Å². The lowest BCUT2D eigenvalue weighted by Gasteiger charge is -2.18. The molecule has 2 aromatic carbocycles. The van der Waals surface area contributed by atoms with E-state index >= 15 is 0 Å². The molecule has 21 heavy (non-hydrogen) atoms. The molecule has 106 valence electrons. The van der Waals surface area contributed by atoms with Crippen molar-refractivity contribution in [1.29, 1.82) is 5.26 Å². The number of nitriles is 1. The van der Waals surface area contributed by atoms with Crippen LogP contribution in [0.5, 0.6) is 0 Å². The van der Waals surface area contributed by atoms with E-state index in [1.54, 1.807) is 24.1 Å². The minimum absolute atomic E-state index is 0.0325. The number of carbonyl (C=O) groups is 1. The van der Waals surface area contributed by atoms with E-state index in [1.165, 1.54) is 0 Å². The first-order chi connectivity index (χ1) is 10.0. The van der Waals surface area contributed by atoms with Gasteiger partial charge in [-0.25, -0.2) is 0 Å². The Morgan fingerprint density at radius 1 is 1.24 bits per heavy atom. The van der Waals surface area contributed by atoms with Gasteiger partial charge < -0.3 is 4.90 Å². The lowest BCUT2D eigenvalue weighted by atomic mass is 10.1. The Labute approximate surface area is 132 Å². The second-order valence-electron chi connectivity index (χ2n) is 4.95. The average Bonchev–Trinajstić information content (AvgIpc) is 2.49. The molecule has 0 N–H and O–H groups in total. The van der Waals surface area contributed by atoms with Crippen LogP contribution in [-0.2, 0) is 6.54 Å². The van der Waals surface area contributed by atoms with Crippen LogP contribution in [0.4, 0.5) is 0 Å². The second kappa shape index (κ2) is 6.55. The van der Waals surface area contributed by atoms with Crippen molar-refractivity contribution < 1.29 is 4.79 Å². The van der Waals surface area contributed by atoms with E-state index in [-0.39, 0.29) is 5.91 Å². The number of hydrogen-bond donors (Lipinski definition) is 0. The minimum atomic E-state index is -0.0325. The second-order valence-corrected chi connectivity index (χ2v) is 5.81. The molecule has 4 heteroatoms. The molecule has 2 aromatic rings. The number of nitrogens with zero attached hydrogens (tertiary/aromatic N) is 2. The third-order valence-electron chi connectivity index (χ3n) is 3.20. The molecule has 0 aliphatic carbocycles. The first-order valence-corrected chi connectivity index (χ1v) is 7.31. The summed E-state index contributed by atoms with van der Waals surface area (Å²) in [6.45, 7) is 2.47. The maximum atomic E-state index is 12.5. The molecule has 1 amide bonds. The summed E-state index contributed by atoms with van der Waals surface area (Å²) in [4.78, 5) is 14.2. The quantitative estimate of drug-likeness (QED) is 0.848. The first-order valence-electron chi connectivity index (χ1n) is 6.52. The Morgan fingerprint density at radius 3 is 2.52 bits per heavy atom. The Morgan fingerprint density at radius 2 is 1.90 bits per heavy atom. The average molecular weight is 343 g/mol. The number of halogens is 1. The minimum Gasteiger partial charge on any atom is -0.337 e. The van der Waals surface area contributed by atoms with Crippen molar-refractivity contribution in [2.45, 2.75) is 13.5 Å². The maximum absolute atomic E-state index is 12.5. The Bertz CT molecular complexity index is 702. The molecule has 0 unspecified atom stereocenters. The van der Waals surface area contributed by atoms with Gasteiger partial charge in [-0.1, -0.05) is 23.8 Å². The summed E-state index contributed by atoms with van der Waals surface area (Å²) in [5, 5.41) is 8.78. The molecule has 0 atom stereocenters. The van der Waals surface area contributed by atoms with Gasteiger partial charge in [0.2, 0.25) is 0 Å². The monoisotopic (exact) mass is 342 g/mol. The lowest BCUT2D eigenvalue weighted by Crippen LogP contribution is -2.26. The highest BCUT2D eigenvalue weighted by Gasteiger charge is 2.15. The number of amides is 1. The summed E-state index contributed by atoms with van der Waals surface area (Å²) >= 11 is 3.42. The summed E-state index contributed by atoms with van der Waals surface area (Å²) in [5.74, 6) is -0.0325. The summed E-state index contributed by atoms with van der Waals surface area (Å²) in [6, 6.07) is 15.1. The van der Waals surface area contributed by atoms with Gasteiger partial charge in [-0.05, 0) is 52.7 Å². The third-order valence-corrected chi connectivity index (χ3v) is 3.89. The molecule has 0 aliphatic rings. The van der Waals surface area contributed by atoms with Crippen LogP contribution in [0.2, 0.25) is 0 Å². The van der Waals surface area contributed by atoms with Gasteiger partial charge in [-0.2, -0.15) is 5.26 Å². The summed E-state index contributed by atoms with van der Waals surface area (Å²) < 4.78 is 0.796. The highest BCUT2D eigenvalue weighted by Crippen LogP contribution is 2.20. The van der Waals surface area contributed by atoms with Crippen LogP contribution in [-0.4, -0.2) is 17.9 Å². The molecule has 0 radical (unpaired) electrons. The van der Waals surface area contributed by atoms with Crippen LogP contribution in [0.25, 0.3) is 0 Å². The molecule has 3 nitrogen and oxygen atoms in total. The fraction of sp³-hybridized carbons (Fsp3) is 0.176. The molecular formula is C17H15BrN2O. The van der Waals surface area contributed by atoms with Crippen LogP contribution in [0.1, 0.15) is 27.0 Å². The molecule has 0 aliphatic heterocycles. The molecule has 0 heterocycles. The lowest BCUT2D eigenvalue weighted by molar-refractivity contribution is 0.0784. The first kappa shape index (κ1) is 15.3. The standard InChI is InChI=1S/C17H15BrN2O/c1-12-3-8-16(18)15(9-12)17(21)20(2)11-14-6-4-13(10-19)5-7-14/h3-9H,11H2,1-2H3. The van der Waals surface area contributed by atoms with Gasteiger partial charge in [0.1, 0.15) is 0 Å². The number of benzene rings is 2. The van der Waals surface area contributed by atoms with Crippen LogP contribution in [0.3, 0.4) is 0 Å². The summed E-state index contributed by atoms with van der Waals surface area (Å²) in [7, 11) is 1.77. The Kier molecular flexibility index (Phi) is 4.77. The van der Waals surface area contributed by atoms with Gasteiger partial charge in [0.05, 0.1) is 17.2 Å². The smallest absolute Gasteiger partial charge is 0.255 e. The van der Waals surface area contributed by atoms with Gasteiger partial charge in [-0.15, -0.1) is 0 Å². The van der Waals surface area contributed by atoms with Crippen molar-refractivity contribution in [2.24, 2.45) is 0 Å². The van der Waals surface area contributed by atoms with Crippen LogP contribution in [0.15, 0.2) is 46.9 Å². The molecule has 2 rings (SSSR count). The van der Waals surface area contributed by atoms with Crippen molar-refractivity contribution in [3.8, 4) is 6.07 Å². The zero-order valence-electron chi connectivity index (χ0n) is 11.9. The van der Waals surface area contributed by atoms with Gasteiger partial charge in [0.25, 0.3) is 5.91 Å². The topological polar surface area (TPSA) is 44.1 Å². The van der Waals surface area contributed by atoms with Gasteiger partial charge in [0.15, 0.2) is 0 Å². The van der Waals surface area contributed by atoms with E-state index in [0.717, 1.165) is 15.6 Å². The van der Waals surface area contributed by atoms with E-state index in [1.807, 2.05) is 37.3 Å². The molecule has 0 bridgehead atoms. The highest BCUT2D eigenvalue weighted by molar-refractivity contribution is 9.10. The van der Waals surface area contributed by atoms with E-state index in [9.17, 15) is 4.79 Å². The van der Waals surface area contributed by atoms with Crippen molar-refractivity contribution in [3.05, 3.63) is 69.2 Å². The van der Waals surface area contributed by atoms with Crippen LogP contribution < -0.4 is 0 Å². The maximum Gasteiger partial charge on any atom is 0.255 e. The molecule has 0 saturated carbocycles. The van der Waals surface area contributed by atoms with Crippen molar-refractivity contribution in [2.75, 3.05) is 7.05 Å². The predicted molar refractivity (Wildman–Crippen MR) is 85.8 cm³/mol. The Hall–Kier alpha value is -2.12. The normalized spacial score (nSPS) is 10.0. The van der Waals surface area contributed by atoms with Crippen molar-refractivity contribution >= 4 is 21.8 Å². The van der Waals surface area contributed by atoms with E-state index in [2.05, 4.69) is 22.0 Å². The highest BCUT2D eigenvalue weighted by atomic mass is 79.9. The molecular weight excluding hydrogens is 328 g/mol. The van der Waals surface area contributed by atoms with Crippen LogP contribution in [0, 0.1) is 18.3 Å². The predicted octanol–water partition coefficient (Wildman–Crippen LogP) is 3.90. The number of rotatable bonds is 3. The largest absolute Gasteiger partial charge is 0.337 e. The van der Waals surface area contributed by atoms with E-state index in [0.29, 0.717) is 17.7 Å². The number of aryl methyl sites for hydroxylation is 1. The molecule has 0 fully saturated rings. The third kappa shape index (κ3) is 3.71. The fourth-order valence-corrected chi connectivity index (χ4v) is 2.46. The van der Waals surface area contributed by atoms with Gasteiger partial charge >= 0.3 is 0 Å². The molecule has 0 saturated heterocycles. The zero-order valence-corrected chi connectivity index (χ0v) is 13.5. The summed E-state index contributed by atoms with van der Waals surface area (Å²) in [5.41, 5.74) is 3.32. The SMILES string of the molecule is Cc1ccc(Br)c(C(=O)N(C)Cc2ccc(C#N)cc2)c1. The number of carbonyl (C=O) groups excluding carboxylic acids is 1. The summed E-state index contributed by atoms with van der Waals surface area (Å²) in [6.07, 6.45) is 0. The van der Waals surface area contributed by atoms with E-state index < -0.39 is 0 Å². The Balaban J connectivity index is 2.15. The van der Waals surface area contributed by atoms with Crippen molar-refractivity contribution in [1.82, 2.24) is 4.90 Å². The van der Waals surface area contributed by atoms with Gasteiger partial charge in [-0.3, -0.25) is 4.79 Å². The van der Waals surface area contributed by atoms with Crippen LogP contribution >= 0.6 is 15.9 Å². The van der Waals surface area contributed by atoms with Gasteiger partial charge in [0, 0.05) is 18.1 Å². The molecule has 0 aromatic heterocycles. The zero-order chi connectivity index (χ0) is 15.4. The number of hydrogen-bond acceptors (Lipinski definition) is 2. The van der Waals surface area contributed by atoms with Crippen molar-refractivity contribution in [3.63, 3.8) is 0 Å².